The number of amides is 1. The number of hydrogen-bond donors (Lipinski definition) is 1. The number of thiophene rings is 1. The van der Waals surface area contributed by atoms with Gasteiger partial charge in [-0.05, 0) is 62.1 Å². The summed E-state index contributed by atoms with van der Waals surface area (Å²) in [6, 6.07) is 5.36. The first-order valence-corrected chi connectivity index (χ1v) is 11.1. The molecule has 2 aromatic heterocycles. The van der Waals surface area contributed by atoms with Crippen LogP contribution in [0.5, 0.6) is 0 Å². The Morgan fingerprint density at radius 2 is 2.21 bits per heavy atom. The average Bonchev–Trinajstić information content (AvgIpc) is 3.07. The van der Waals surface area contributed by atoms with Crippen LogP contribution in [0.2, 0.25) is 0 Å². The Morgan fingerprint density at radius 3 is 2.97 bits per heavy atom. The molecular formula is C23H27N3O2S. The fourth-order valence-electron chi connectivity index (χ4n) is 4.18. The molecule has 2 atom stereocenters. The Labute approximate surface area is 174 Å². The standard InChI is InChI=1S/C23H27N3O2S/c1-5-16-8-6-7-14(3)20(16)25-21(27)15(4)26-12-24-22-19(23(26)28)17-10-9-13(2)11-18(17)29-22/h6-8,12-13,15H,5,9-11H2,1-4H3,(H,25,27)/t13-,15+/m0/s1. The molecule has 0 radical (unpaired) electrons. The number of carbonyl (C=O) groups is 1. The number of anilines is 1. The van der Waals surface area contributed by atoms with E-state index in [-0.39, 0.29) is 11.5 Å². The Balaban J connectivity index is 1.69. The van der Waals surface area contributed by atoms with Crippen molar-refractivity contribution in [2.45, 2.75) is 59.4 Å². The number of nitrogens with one attached hydrogen (secondary N) is 1. The van der Waals surface area contributed by atoms with Crippen molar-refractivity contribution in [3.8, 4) is 0 Å². The fraction of sp³-hybridized carbons (Fsp3) is 0.435. The third-order valence-corrected chi connectivity index (χ3v) is 7.19. The van der Waals surface area contributed by atoms with Crippen LogP contribution in [0, 0.1) is 12.8 Å². The molecule has 1 N–H and O–H groups in total. The van der Waals surface area contributed by atoms with Crippen molar-refractivity contribution < 1.29 is 4.79 Å². The van der Waals surface area contributed by atoms with Gasteiger partial charge in [0.25, 0.3) is 5.56 Å². The number of aromatic nitrogens is 2. The van der Waals surface area contributed by atoms with Gasteiger partial charge in [0.1, 0.15) is 10.9 Å². The quantitative estimate of drug-likeness (QED) is 0.682. The normalized spacial score (nSPS) is 17.2. The lowest BCUT2D eigenvalue weighted by molar-refractivity contribution is -0.118. The van der Waals surface area contributed by atoms with Crippen LogP contribution in [-0.4, -0.2) is 15.5 Å². The second-order valence-corrected chi connectivity index (χ2v) is 9.20. The van der Waals surface area contributed by atoms with Crippen LogP contribution in [0.3, 0.4) is 0 Å². The molecule has 0 saturated heterocycles. The van der Waals surface area contributed by atoms with Crippen molar-refractivity contribution in [3.05, 3.63) is 56.4 Å². The van der Waals surface area contributed by atoms with Gasteiger partial charge in [-0.3, -0.25) is 14.2 Å². The van der Waals surface area contributed by atoms with Crippen molar-refractivity contribution in [1.29, 1.82) is 0 Å². The van der Waals surface area contributed by atoms with E-state index in [1.807, 2.05) is 25.1 Å². The van der Waals surface area contributed by atoms with Crippen molar-refractivity contribution in [2.75, 3.05) is 5.32 Å². The predicted molar refractivity (Wildman–Crippen MR) is 119 cm³/mol. The maximum Gasteiger partial charge on any atom is 0.263 e. The molecule has 1 aliphatic carbocycles. The van der Waals surface area contributed by atoms with E-state index in [0.29, 0.717) is 11.3 Å². The van der Waals surface area contributed by atoms with Crippen LogP contribution >= 0.6 is 11.3 Å². The first-order chi connectivity index (χ1) is 13.9. The molecule has 6 heteroatoms. The summed E-state index contributed by atoms with van der Waals surface area (Å²) in [6.07, 6.45) is 5.38. The second kappa shape index (κ2) is 7.75. The monoisotopic (exact) mass is 409 g/mol. The zero-order valence-corrected chi connectivity index (χ0v) is 18.2. The van der Waals surface area contributed by atoms with Gasteiger partial charge in [-0.15, -0.1) is 11.3 Å². The number of hydrogen-bond acceptors (Lipinski definition) is 4. The minimum Gasteiger partial charge on any atom is -0.324 e. The molecule has 0 fully saturated rings. The highest BCUT2D eigenvalue weighted by Gasteiger charge is 2.25. The summed E-state index contributed by atoms with van der Waals surface area (Å²) >= 11 is 1.63. The third-order valence-electron chi connectivity index (χ3n) is 6.03. The van der Waals surface area contributed by atoms with E-state index in [2.05, 4.69) is 24.1 Å². The predicted octanol–water partition coefficient (Wildman–Crippen LogP) is 4.65. The summed E-state index contributed by atoms with van der Waals surface area (Å²) in [4.78, 5) is 32.9. The zero-order valence-electron chi connectivity index (χ0n) is 17.4. The highest BCUT2D eigenvalue weighted by Crippen LogP contribution is 2.35. The van der Waals surface area contributed by atoms with E-state index in [4.69, 9.17) is 0 Å². The van der Waals surface area contributed by atoms with Gasteiger partial charge in [0, 0.05) is 10.6 Å². The highest BCUT2D eigenvalue weighted by molar-refractivity contribution is 7.18. The molecule has 0 bridgehead atoms. The van der Waals surface area contributed by atoms with Crippen molar-refractivity contribution in [3.63, 3.8) is 0 Å². The molecule has 29 heavy (non-hydrogen) atoms. The van der Waals surface area contributed by atoms with E-state index >= 15 is 0 Å². The van der Waals surface area contributed by atoms with E-state index in [9.17, 15) is 9.59 Å². The minimum absolute atomic E-state index is 0.106. The van der Waals surface area contributed by atoms with Crippen molar-refractivity contribution in [1.82, 2.24) is 9.55 Å². The van der Waals surface area contributed by atoms with Crippen LogP contribution in [0.1, 0.15) is 54.8 Å². The van der Waals surface area contributed by atoms with Gasteiger partial charge in [-0.1, -0.05) is 32.0 Å². The smallest absolute Gasteiger partial charge is 0.263 e. The average molecular weight is 410 g/mol. The summed E-state index contributed by atoms with van der Waals surface area (Å²) in [5.74, 6) is 0.444. The van der Waals surface area contributed by atoms with Gasteiger partial charge in [-0.2, -0.15) is 0 Å². The van der Waals surface area contributed by atoms with Gasteiger partial charge >= 0.3 is 0 Å². The molecule has 5 nitrogen and oxygen atoms in total. The van der Waals surface area contributed by atoms with Gasteiger partial charge in [0.15, 0.2) is 0 Å². The number of para-hydroxylation sites is 1. The van der Waals surface area contributed by atoms with Gasteiger partial charge in [-0.25, -0.2) is 4.98 Å². The Hall–Kier alpha value is -2.47. The van der Waals surface area contributed by atoms with E-state index in [0.717, 1.165) is 52.9 Å². The molecule has 3 aromatic rings. The molecule has 1 aliphatic rings. The van der Waals surface area contributed by atoms with Crippen LogP contribution in [0.25, 0.3) is 10.2 Å². The van der Waals surface area contributed by atoms with Gasteiger partial charge in [0.2, 0.25) is 5.91 Å². The number of aryl methyl sites for hydroxylation is 3. The SMILES string of the molecule is CCc1cccc(C)c1NC(=O)[C@@H](C)n1cnc2sc3c(c2c1=O)CC[C@H](C)C3. The summed E-state index contributed by atoms with van der Waals surface area (Å²) in [7, 11) is 0. The van der Waals surface area contributed by atoms with Crippen LogP contribution in [-0.2, 0) is 24.1 Å². The van der Waals surface area contributed by atoms with E-state index in [1.54, 1.807) is 18.3 Å². The third kappa shape index (κ3) is 3.50. The first kappa shape index (κ1) is 19.8. The summed E-state index contributed by atoms with van der Waals surface area (Å²) < 4.78 is 1.48. The fourth-order valence-corrected chi connectivity index (χ4v) is 5.52. The summed E-state index contributed by atoms with van der Waals surface area (Å²) in [5, 5.41) is 3.75. The van der Waals surface area contributed by atoms with Gasteiger partial charge in [0.05, 0.1) is 11.7 Å². The summed E-state index contributed by atoms with van der Waals surface area (Å²) in [5.41, 5.74) is 4.00. The number of fused-ring (bicyclic) bond motifs is 3. The van der Waals surface area contributed by atoms with Crippen LogP contribution < -0.4 is 10.9 Å². The lowest BCUT2D eigenvalue weighted by atomic mass is 9.89. The first-order valence-electron chi connectivity index (χ1n) is 10.3. The zero-order chi connectivity index (χ0) is 20.7. The molecule has 1 aromatic carbocycles. The Bertz CT molecular complexity index is 1140. The molecular weight excluding hydrogens is 382 g/mol. The molecule has 1 amide bonds. The molecule has 2 heterocycles. The minimum atomic E-state index is -0.637. The molecule has 152 valence electrons. The van der Waals surface area contributed by atoms with Crippen molar-refractivity contribution >= 4 is 33.1 Å². The maximum atomic E-state index is 13.3. The molecule has 0 spiro atoms. The molecule has 0 unspecified atom stereocenters. The number of carbonyl (C=O) groups excluding carboxylic acids is 1. The Kier molecular flexibility index (Phi) is 5.30. The van der Waals surface area contributed by atoms with E-state index in [1.165, 1.54) is 15.8 Å². The molecule has 4 rings (SSSR count). The largest absolute Gasteiger partial charge is 0.324 e. The number of rotatable bonds is 4. The number of benzene rings is 1. The summed E-state index contributed by atoms with van der Waals surface area (Å²) in [6.45, 7) is 8.06. The van der Waals surface area contributed by atoms with E-state index < -0.39 is 6.04 Å². The Morgan fingerprint density at radius 1 is 1.41 bits per heavy atom. The van der Waals surface area contributed by atoms with Crippen LogP contribution in [0.15, 0.2) is 29.3 Å². The van der Waals surface area contributed by atoms with Crippen LogP contribution in [0.4, 0.5) is 5.69 Å². The molecule has 0 saturated carbocycles. The lowest BCUT2D eigenvalue weighted by Gasteiger charge is -2.19. The van der Waals surface area contributed by atoms with Gasteiger partial charge < -0.3 is 5.32 Å². The second-order valence-electron chi connectivity index (χ2n) is 8.12. The van der Waals surface area contributed by atoms with Crippen molar-refractivity contribution in [2.24, 2.45) is 5.92 Å². The maximum absolute atomic E-state index is 13.3. The highest BCUT2D eigenvalue weighted by atomic mass is 32.1. The number of nitrogens with zero attached hydrogens (tertiary/aromatic N) is 2. The molecule has 0 aliphatic heterocycles. The lowest BCUT2D eigenvalue weighted by Crippen LogP contribution is -2.32. The topological polar surface area (TPSA) is 64.0 Å².